The molecule has 0 bridgehead atoms. The Morgan fingerprint density at radius 3 is 2.50 bits per heavy atom. The van der Waals surface area contributed by atoms with E-state index in [0.717, 1.165) is 5.01 Å². The van der Waals surface area contributed by atoms with Crippen molar-refractivity contribution in [2.24, 2.45) is 5.92 Å². The number of amides is 2. The molecule has 0 aliphatic carbocycles. The maximum absolute atomic E-state index is 14.5. The number of hydrogen-bond acceptors (Lipinski definition) is 5. The first-order valence-corrected chi connectivity index (χ1v) is 9.30. The van der Waals surface area contributed by atoms with Gasteiger partial charge in [0.1, 0.15) is 5.75 Å². The van der Waals surface area contributed by atoms with Gasteiger partial charge in [0.05, 0.1) is 4.91 Å². The molecule has 1 aromatic carbocycles. The van der Waals surface area contributed by atoms with E-state index in [4.69, 9.17) is 0 Å². The Morgan fingerprint density at radius 2 is 1.96 bits per heavy atom. The average molecular weight is 394 g/mol. The van der Waals surface area contributed by atoms with Gasteiger partial charge < -0.3 is 10.0 Å². The second-order valence-electron chi connectivity index (χ2n) is 7.57. The summed E-state index contributed by atoms with van der Waals surface area (Å²) in [5.41, 5.74) is 2.19. The number of aromatic hydroxyl groups is 1. The molecule has 28 heavy (non-hydrogen) atoms. The highest BCUT2D eigenvalue weighted by atomic mass is 19.1. The third-order valence-corrected chi connectivity index (χ3v) is 4.81. The smallest absolute Gasteiger partial charge is 0.307 e. The lowest BCUT2D eigenvalue weighted by atomic mass is 10.1. The molecule has 0 radical (unpaired) electrons. The number of rotatable bonds is 5. The van der Waals surface area contributed by atoms with Crippen LogP contribution < -0.4 is 10.4 Å². The van der Waals surface area contributed by atoms with Crippen molar-refractivity contribution in [1.29, 1.82) is 0 Å². The Labute approximate surface area is 162 Å². The number of nitrogens with one attached hydrogen (secondary N) is 1. The number of hydrazine groups is 2. The van der Waals surface area contributed by atoms with Gasteiger partial charge in [0.15, 0.2) is 18.0 Å². The van der Waals surface area contributed by atoms with E-state index in [2.05, 4.69) is 4.90 Å². The number of phenolic OH excluding ortho intramolecular Hbond substituents is 1. The van der Waals surface area contributed by atoms with E-state index in [1.807, 2.05) is 24.2 Å². The van der Waals surface area contributed by atoms with Gasteiger partial charge in [0.25, 0.3) is 4.98 Å². The van der Waals surface area contributed by atoms with Crippen molar-refractivity contribution in [1.82, 2.24) is 15.2 Å². The highest BCUT2D eigenvalue weighted by molar-refractivity contribution is 5.82. The SMILES string of the molecule is CC(C)CC(=O)N1CCN(Cc2cc(O)c(N3CC(=O)N[N+]3=O)c(F)c2)CC1. The molecule has 2 aliphatic heterocycles. The molecule has 10 heteroatoms. The third kappa shape index (κ3) is 4.38. The van der Waals surface area contributed by atoms with Crippen LogP contribution in [0.1, 0.15) is 25.8 Å². The zero-order valence-corrected chi connectivity index (χ0v) is 16.0. The summed E-state index contributed by atoms with van der Waals surface area (Å²) in [7, 11) is 0. The fourth-order valence-electron chi connectivity index (χ4n) is 3.45. The zero-order chi connectivity index (χ0) is 20.4. The summed E-state index contributed by atoms with van der Waals surface area (Å²) >= 11 is 0. The van der Waals surface area contributed by atoms with Crippen molar-refractivity contribution in [3.8, 4) is 5.75 Å². The predicted octanol–water partition coefficient (Wildman–Crippen LogP) is 0.767. The molecule has 2 saturated heterocycles. The summed E-state index contributed by atoms with van der Waals surface area (Å²) in [6.45, 7) is 6.63. The van der Waals surface area contributed by atoms with Gasteiger partial charge in [-0.25, -0.2) is 4.39 Å². The fraction of sp³-hybridized carbons (Fsp3) is 0.556. The molecule has 0 spiro atoms. The Balaban J connectivity index is 1.62. The van der Waals surface area contributed by atoms with Gasteiger partial charge in [0.2, 0.25) is 5.91 Å². The minimum absolute atomic E-state index is 0.105. The average Bonchev–Trinajstić information content (AvgIpc) is 2.92. The quantitative estimate of drug-likeness (QED) is 0.716. The number of piperazine rings is 1. The lowest BCUT2D eigenvalue weighted by Crippen LogP contribution is -2.48. The van der Waals surface area contributed by atoms with Crippen LogP contribution in [-0.4, -0.2) is 64.4 Å². The van der Waals surface area contributed by atoms with Crippen LogP contribution >= 0.6 is 0 Å². The number of phenols is 1. The van der Waals surface area contributed by atoms with Crippen molar-refractivity contribution >= 4 is 17.5 Å². The van der Waals surface area contributed by atoms with Crippen LogP contribution in [0.5, 0.6) is 5.75 Å². The number of carbonyl (C=O) groups excluding carboxylic acids is 2. The molecule has 2 aliphatic rings. The van der Waals surface area contributed by atoms with E-state index >= 15 is 0 Å². The standard InChI is InChI=1S/C18H24FN5O4/c1-12(2)7-17(27)22-5-3-21(4-6-22)10-13-8-14(19)18(15(25)9-13)23-11-16(26)20-24(23)28/h8-9,12H,3-7,10-11H2,1-2H3,(H-,20,25,26,28)/p+1. The first kappa shape index (κ1) is 20.0. The zero-order valence-electron chi connectivity index (χ0n) is 16.0. The van der Waals surface area contributed by atoms with Crippen molar-refractivity contribution in [2.45, 2.75) is 26.8 Å². The van der Waals surface area contributed by atoms with Crippen LogP contribution in [0, 0.1) is 16.6 Å². The minimum Gasteiger partial charge on any atom is -0.505 e. The van der Waals surface area contributed by atoms with Gasteiger partial charge in [-0.2, -0.15) is 0 Å². The van der Waals surface area contributed by atoms with Gasteiger partial charge in [-0.15, -0.1) is 0 Å². The summed E-state index contributed by atoms with van der Waals surface area (Å²) in [5.74, 6) is -1.29. The number of carbonyl (C=O) groups is 2. The van der Waals surface area contributed by atoms with Crippen LogP contribution in [0.2, 0.25) is 0 Å². The molecule has 2 amide bonds. The molecule has 2 heterocycles. The molecule has 9 nitrogen and oxygen atoms in total. The number of hydrogen-bond donors (Lipinski definition) is 2. The van der Waals surface area contributed by atoms with Crippen molar-refractivity contribution in [2.75, 3.05) is 37.7 Å². The lowest BCUT2D eigenvalue weighted by Gasteiger charge is -2.35. The topological polar surface area (TPSA) is 96.2 Å². The van der Waals surface area contributed by atoms with Crippen LogP contribution in [-0.2, 0) is 16.1 Å². The molecule has 2 fully saturated rings. The number of anilines is 1. The maximum atomic E-state index is 14.5. The number of halogens is 1. The number of nitrogens with zero attached hydrogens (tertiary/aromatic N) is 4. The Hall–Kier alpha value is -2.75. The van der Waals surface area contributed by atoms with E-state index in [1.165, 1.54) is 12.1 Å². The molecule has 0 unspecified atom stereocenters. The summed E-state index contributed by atoms with van der Waals surface area (Å²) in [4.78, 5) is 39.1. The maximum Gasteiger partial charge on any atom is 0.307 e. The van der Waals surface area contributed by atoms with Crippen LogP contribution in [0.25, 0.3) is 0 Å². The lowest BCUT2D eigenvalue weighted by molar-refractivity contribution is -0.591. The van der Waals surface area contributed by atoms with Gasteiger partial charge in [-0.3, -0.25) is 14.5 Å². The van der Waals surface area contributed by atoms with Crippen LogP contribution in [0.15, 0.2) is 12.1 Å². The van der Waals surface area contributed by atoms with Crippen molar-refractivity contribution in [3.63, 3.8) is 0 Å². The van der Waals surface area contributed by atoms with E-state index in [9.17, 15) is 24.0 Å². The molecule has 0 atom stereocenters. The van der Waals surface area contributed by atoms with Gasteiger partial charge >= 0.3 is 5.91 Å². The predicted molar refractivity (Wildman–Crippen MR) is 98.5 cm³/mol. The number of benzene rings is 1. The third-order valence-electron chi connectivity index (χ3n) is 4.81. The molecule has 2 N–H and O–H groups in total. The largest absolute Gasteiger partial charge is 0.505 e. The second kappa shape index (κ2) is 8.09. The van der Waals surface area contributed by atoms with E-state index in [1.54, 1.807) is 0 Å². The van der Waals surface area contributed by atoms with E-state index in [0.29, 0.717) is 50.6 Å². The first-order chi connectivity index (χ1) is 13.2. The van der Waals surface area contributed by atoms with E-state index < -0.39 is 17.5 Å². The van der Waals surface area contributed by atoms with Gasteiger partial charge in [-0.1, -0.05) is 24.3 Å². The minimum atomic E-state index is -0.780. The molecular weight excluding hydrogens is 369 g/mol. The second-order valence-corrected chi connectivity index (χ2v) is 7.57. The van der Waals surface area contributed by atoms with E-state index in [-0.39, 0.29) is 23.1 Å². The van der Waals surface area contributed by atoms with Crippen LogP contribution in [0.4, 0.5) is 10.1 Å². The Morgan fingerprint density at radius 1 is 1.29 bits per heavy atom. The summed E-state index contributed by atoms with van der Waals surface area (Å²) in [5, 5.41) is 11.0. The highest BCUT2D eigenvalue weighted by Crippen LogP contribution is 2.33. The monoisotopic (exact) mass is 394 g/mol. The molecule has 152 valence electrons. The number of nitroso groups, excluding NO2 is 1. The fourth-order valence-corrected chi connectivity index (χ4v) is 3.45. The van der Waals surface area contributed by atoms with Gasteiger partial charge in [0, 0.05) is 39.1 Å². The summed E-state index contributed by atoms with van der Waals surface area (Å²) in [6, 6.07) is 2.65. The molecule has 1 aromatic rings. The molecular formula is C18H25FN5O4+. The Bertz CT molecular complexity index is 769. The molecule has 0 aromatic heterocycles. The normalized spacial score (nSPS) is 18.1. The first-order valence-electron chi connectivity index (χ1n) is 9.30. The van der Waals surface area contributed by atoms with Crippen molar-refractivity contribution in [3.05, 3.63) is 28.4 Å². The summed E-state index contributed by atoms with van der Waals surface area (Å²) < 4.78 is 14.5. The van der Waals surface area contributed by atoms with Crippen LogP contribution in [0.3, 0.4) is 0 Å². The summed E-state index contributed by atoms with van der Waals surface area (Å²) in [6.07, 6.45) is 0.533. The van der Waals surface area contributed by atoms with Gasteiger partial charge in [-0.05, 0) is 23.6 Å². The Kier molecular flexibility index (Phi) is 5.78. The molecule has 3 rings (SSSR count). The highest BCUT2D eigenvalue weighted by Gasteiger charge is 2.40. The molecule has 0 saturated carbocycles. The van der Waals surface area contributed by atoms with Crippen molar-refractivity contribution < 1.29 is 24.1 Å².